The van der Waals surface area contributed by atoms with Crippen LogP contribution in [0, 0.1) is 0 Å². The number of pyridine rings is 1. The predicted molar refractivity (Wildman–Crippen MR) is 75.6 cm³/mol. The molecule has 0 aliphatic carbocycles. The van der Waals surface area contributed by atoms with E-state index in [1.54, 1.807) is 12.3 Å². The lowest BCUT2D eigenvalue weighted by atomic mass is 9.93. The summed E-state index contributed by atoms with van der Waals surface area (Å²) >= 11 is 0. The molecule has 1 N–H and O–H groups in total. The lowest BCUT2D eigenvalue weighted by molar-refractivity contribution is -0.134. The molecule has 1 atom stereocenters. The summed E-state index contributed by atoms with van der Waals surface area (Å²) in [5.74, 6) is 0.912. The Labute approximate surface area is 122 Å². The van der Waals surface area contributed by atoms with Gasteiger partial charge in [0.2, 0.25) is 0 Å². The van der Waals surface area contributed by atoms with Crippen LogP contribution < -0.4 is 10.2 Å². The van der Waals surface area contributed by atoms with Crippen molar-refractivity contribution < 1.29 is 13.2 Å². The van der Waals surface area contributed by atoms with Gasteiger partial charge < -0.3 is 10.2 Å². The van der Waals surface area contributed by atoms with Gasteiger partial charge in [-0.25, -0.2) is 4.98 Å². The highest BCUT2D eigenvalue weighted by atomic mass is 19.4. The van der Waals surface area contributed by atoms with Crippen molar-refractivity contribution in [1.29, 1.82) is 0 Å². The molecular weight excluding hydrogens is 279 g/mol. The van der Waals surface area contributed by atoms with Gasteiger partial charge in [-0.1, -0.05) is 0 Å². The average Bonchev–Trinajstić information content (AvgIpc) is 2.69. The number of hydrogen-bond acceptors (Lipinski definition) is 3. The second-order valence-electron chi connectivity index (χ2n) is 5.83. The molecule has 0 spiro atoms. The molecule has 1 aromatic rings. The number of hydrogen-bond donors (Lipinski definition) is 1. The standard InChI is InChI=1S/C15H20F3N3/c16-15(17,18)6-4-11-5-8-20-14-13(11)3-2-12-10-19-7-1-9-21(12)14/h5,8,12,19H,1-4,6-7,9-10H2/t12-/m1/s1. The van der Waals surface area contributed by atoms with Gasteiger partial charge in [-0.2, -0.15) is 13.2 Å². The van der Waals surface area contributed by atoms with Crippen molar-refractivity contribution >= 4 is 5.82 Å². The van der Waals surface area contributed by atoms with E-state index in [2.05, 4.69) is 15.2 Å². The smallest absolute Gasteiger partial charge is 0.352 e. The summed E-state index contributed by atoms with van der Waals surface area (Å²) < 4.78 is 37.4. The average molecular weight is 299 g/mol. The van der Waals surface area contributed by atoms with Crippen molar-refractivity contribution in [2.45, 2.75) is 44.3 Å². The monoisotopic (exact) mass is 299 g/mol. The molecule has 3 nitrogen and oxygen atoms in total. The van der Waals surface area contributed by atoms with Crippen LogP contribution in [-0.4, -0.2) is 36.8 Å². The molecule has 3 heterocycles. The summed E-state index contributed by atoms with van der Waals surface area (Å²) in [4.78, 5) is 6.75. The molecule has 2 aliphatic rings. The van der Waals surface area contributed by atoms with Gasteiger partial charge in [-0.3, -0.25) is 0 Å². The lowest BCUT2D eigenvalue weighted by Crippen LogP contribution is -2.43. The second-order valence-corrected chi connectivity index (χ2v) is 5.83. The molecule has 1 aromatic heterocycles. The largest absolute Gasteiger partial charge is 0.389 e. The molecule has 0 unspecified atom stereocenters. The fraction of sp³-hybridized carbons (Fsp3) is 0.667. The molecule has 1 fully saturated rings. The van der Waals surface area contributed by atoms with Crippen molar-refractivity contribution in [3.05, 3.63) is 23.4 Å². The summed E-state index contributed by atoms with van der Waals surface area (Å²) in [5.41, 5.74) is 1.84. The number of alkyl halides is 3. The molecule has 1 saturated heterocycles. The van der Waals surface area contributed by atoms with Gasteiger partial charge in [-0.05, 0) is 49.4 Å². The van der Waals surface area contributed by atoms with Gasteiger partial charge in [-0.15, -0.1) is 0 Å². The molecule has 0 amide bonds. The van der Waals surface area contributed by atoms with Crippen LogP contribution in [0.5, 0.6) is 0 Å². The van der Waals surface area contributed by atoms with E-state index in [9.17, 15) is 13.2 Å². The van der Waals surface area contributed by atoms with Crippen molar-refractivity contribution in [2.75, 3.05) is 24.5 Å². The molecule has 21 heavy (non-hydrogen) atoms. The topological polar surface area (TPSA) is 28.2 Å². The molecule has 3 rings (SSSR count). The van der Waals surface area contributed by atoms with Gasteiger partial charge in [0.25, 0.3) is 0 Å². The van der Waals surface area contributed by atoms with Crippen LogP contribution >= 0.6 is 0 Å². The number of aryl methyl sites for hydroxylation is 1. The fourth-order valence-corrected chi connectivity index (χ4v) is 3.33. The van der Waals surface area contributed by atoms with E-state index in [1.165, 1.54) is 0 Å². The van der Waals surface area contributed by atoms with Crippen molar-refractivity contribution in [3.63, 3.8) is 0 Å². The molecule has 0 aromatic carbocycles. The van der Waals surface area contributed by atoms with Gasteiger partial charge in [0.1, 0.15) is 5.82 Å². The quantitative estimate of drug-likeness (QED) is 0.910. The molecular formula is C15H20F3N3. The number of nitrogens with one attached hydrogen (secondary N) is 1. The number of nitrogens with zero attached hydrogens (tertiary/aromatic N) is 2. The van der Waals surface area contributed by atoms with Crippen LogP contribution in [0.1, 0.15) is 30.4 Å². The number of aromatic nitrogens is 1. The zero-order chi connectivity index (χ0) is 14.9. The molecule has 0 bridgehead atoms. The second kappa shape index (κ2) is 5.83. The van der Waals surface area contributed by atoms with E-state index in [4.69, 9.17) is 0 Å². The van der Waals surface area contributed by atoms with Crippen LogP contribution in [0.15, 0.2) is 12.3 Å². The minimum atomic E-state index is -4.10. The van der Waals surface area contributed by atoms with Crippen LogP contribution in [0.25, 0.3) is 0 Å². The Morgan fingerprint density at radius 3 is 3.05 bits per heavy atom. The van der Waals surface area contributed by atoms with Gasteiger partial charge in [0.15, 0.2) is 0 Å². The number of halogens is 3. The minimum absolute atomic E-state index is 0.0606. The Hall–Kier alpha value is -1.30. The van der Waals surface area contributed by atoms with Gasteiger partial charge >= 0.3 is 6.18 Å². The zero-order valence-corrected chi connectivity index (χ0v) is 11.9. The first-order valence-electron chi connectivity index (χ1n) is 7.55. The summed E-state index contributed by atoms with van der Waals surface area (Å²) in [6, 6.07) is 2.17. The summed E-state index contributed by atoms with van der Waals surface area (Å²) in [7, 11) is 0. The fourth-order valence-electron chi connectivity index (χ4n) is 3.33. The minimum Gasteiger partial charge on any atom is -0.352 e. The van der Waals surface area contributed by atoms with E-state index in [0.29, 0.717) is 6.04 Å². The van der Waals surface area contributed by atoms with Crippen molar-refractivity contribution in [1.82, 2.24) is 10.3 Å². The Morgan fingerprint density at radius 2 is 2.24 bits per heavy atom. The highest BCUT2D eigenvalue weighted by molar-refractivity contribution is 5.54. The number of anilines is 1. The highest BCUT2D eigenvalue weighted by Gasteiger charge is 2.31. The highest BCUT2D eigenvalue weighted by Crippen LogP contribution is 2.33. The maximum Gasteiger partial charge on any atom is 0.389 e. The van der Waals surface area contributed by atoms with E-state index in [-0.39, 0.29) is 6.42 Å². The summed E-state index contributed by atoms with van der Waals surface area (Å²) in [6.07, 6.45) is -0.265. The lowest BCUT2D eigenvalue weighted by Gasteiger charge is -2.37. The van der Waals surface area contributed by atoms with Crippen LogP contribution in [0.4, 0.5) is 19.0 Å². The van der Waals surface area contributed by atoms with E-state index in [1.807, 2.05) is 0 Å². The van der Waals surface area contributed by atoms with E-state index in [0.717, 1.165) is 55.8 Å². The maximum absolute atomic E-state index is 12.5. The summed E-state index contributed by atoms with van der Waals surface area (Å²) in [5, 5.41) is 3.42. The first-order chi connectivity index (χ1) is 10.0. The van der Waals surface area contributed by atoms with Gasteiger partial charge in [0.05, 0.1) is 0 Å². The van der Waals surface area contributed by atoms with Crippen LogP contribution in [-0.2, 0) is 12.8 Å². The number of rotatable bonds is 2. The van der Waals surface area contributed by atoms with E-state index < -0.39 is 12.6 Å². The molecule has 2 aliphatic heterocycles. The van der Waals surface area contributed by atoms with Crippen molar-refractivity contribution in [2.24, 2.45) is 0 Å². The Kier molecular flexibility index (Phi) is 4.06. The molecule has 116 valence electrons. The van der Waals surface area contributed by atoms with Crippen LogP contribution in [0.2, 0.25) is 0 Å². The maximum atomic E-state index is 12.5. The third-order valence-corrected chi connectivity index (χ3v) is 4.38. The number of fused-ring (bicyclic) bond motifs is 3. The molecule has 6 heteroatoms. The Balaban J connectivity index is 1.85. The Morgan fingerprint density at radius 1 is 1.38 bits per heavy atom. The predicted octanol–water partition coefficient (Wildman–Crippen LogP) is 2.69. The summed E-state index contributed by atoms with van der Waals surface area (Å²) in [6.45, 7) is 2.87. The zero-order valence-electron chi connectivity index (χ0n) is 11.9. The third-order valence-electron chi connectivity index (χ3n) is 4.38. The first kappa shape index (κ1) is 14.6. The Bertz CT molecular complexity index is 501. The first-order valence-corrected chi connectivity index (χ1v) is 7.55. The SMILES string of the molecule is FC(F)(F)CCc1ccnc2c1CC[C@@H]1CNCCCN21. The molecule has 0 radical (unpaired) electrons. The third kappa shape index (κ3) is 3.31. The molecule has 0 saturated carbocycles. The van der Waals surface area contributed by atoms with E-state index >= 15 is 0 Å². The van der Waals surface area contributed by atoms with Crippen LogP contribution in [0.3, 0.4) is 0 Å². The normalized spacial score (nSPS) is 22.4. The van der Waals surface area contributed by atoms with Gasteiger partial charge in [0, 0.05) is 31.7 Å². The van der Waals surface area contributed by atoms with Crippen molar-refractivity contribution in [3.8, 4) is 0 Å².